The van der Waals surface area contributed by atoms with Gasteiger partial charge in [0.2, 0.25) is 0 Å². The third-order valence-electron chi connectivity index (χ3n) is 4.22. The summed E-state index contributed by atoms with van der Waals surface area (Å²) >= 11 is 6.14. The number of nitrogens with one attached hydrogen (secondary N) is 1. The van der Waals surface area contributed by atoms with Gasteiger partial charge in [-0.2, -0.15) is 0 Å². The summed E-state index contributed by atoms with van der Waals surface area (Å²) in [5.74, 6) is 0.965. The molecule has 1 aromatic carbocycles. The lowest BCUT2D eigenvalue weighted by Crippen LogP contribution is -2.34. The van der Waals surface area contributed by atoms with E-state index in [1.807, 2.05) is 12.1 Å². The lowest BCUT2D eigenvalue weighted by atomic mass is 9.79. The molecule has 0 bridgehead atoms. The van der Waals surface area contributed by atoms with Gasteiger partial charge in [-0.1, -0.05) is 31.4 Å². The minimum Gasteiger partial charge on any atom is -0.496 e. The lowest BCUT2D eigenvalue weighted by molar-refractivity contribution is 0.275. The van der Waals surface area contributed by atoms with Crippen molar-refractivity contribution in [1.29, 1.82) is 0 Å². The van der Waals surface area contributed by atoms with Crippen LogP contribution < -0.4 is 10.1 Å². The van der Waals surface area contributed by atoms with Gasteiger partial charge in [-0.25, -0.2) is 0 Å². The van der Waals surface area contributed by atoms with Gasteiger partial charge in [0.05, 0.1) is 7.11 Å². The predicted molar refractivity (Wildman–Crippen MR) is 81.2 cm³/mol. The normalized spacial score (nSPS) is 17.6. The second-order valence-electron chi connectivity index (χ2n) is 5.62. The smallest absolute Gasteiger partial charge is 0.122 e. The summed E-state index contributed by atoms with van der Waals surface area (Å²) in [6, 6.07) is 5.94. The Morgan fingerprint density at radius 1 is 1.32 bits per heavy atom. The third-order valence-corrected chi connectivity index (χ3v) is 4.46. The molecule has 0 radical (unpaired) electrons. The zero-order valence-electron chi connectivity index (χ0n) is 12.0. The molecule has 1 saturated carbocycles. The molecule has 19 heavy (non-hydrogen) atoms. The molecule has 0 atom stereocenters. The molecule has 0 saturated heterocycles. The van der Waals surface area contributed by atoms with E-state index in [0.717, 1.165) is 30.3 Å². The summed E-state index contributed by atoms with van der Waals surface area (Å²) in [7, 11) is 1.73. The maximum absolute atomic E-state index is 6.14. The summed E-state index contributed by atoms with van der Waals surface area (Å²) in [6.45, 7) is 4.30. The van der Waals surface area contributed by atoms with Crippen molar-refractivity contribution in [2.45, 2.75) is 39.0 Å². The Balaban J connectivity index is 2.19. The minimum absolute atomic E-state index is 0.383. The fraction of sp³-hybridized carbons (Fsp3) is 0.625. The number of hydrogen-bond donors (Lipinski definition) is 1. The fourth-order valence-electron chi connectivity index (χ4n) is 3.22. The molecule has 3 heteroatoms. The van der Waals surface area contributed by atoms with Crippen molar-refractivity contribution >= 4 is 11.6 Å². The Morgan fingerprint density at radius 2 is 2.05 bits per heavy atom. The van der Waals surface area contributed by atoms with Crippen molar-refractivity contribution in [3.8, 4) is 5.75 Å². The number of methoxy groups -OCH3 is 1. The van der Waals surface area contributed by atoms with Gasteiger partial charge in [0.1, 0.15) is 5.75 Å². The van der Waals surface area contributed by atoms with E-state index in [9.17, 15) is 0 Å². The van der Waals surface area contributed by atoms with E-state index in [2.05, 4.69) is 18.3 Å². The zero-order chi connectivity index (χ0) is 13.7. The maximum Gasteiger partial charge on any atom is 0.122 e. The Bertz CT molecular complexity index is 413. The highest BCUT2D eigenvalue weighted by atomic mass is 35.5. The molecule has 0 spiro atoms. The van der Waals surface area contributed by atoms with Gasteiger partial charge in [-0.05, 0) is 55.0 Å². The molecule has 0 unspecified atom stereocenters. The number of hydrogen-bond acceptors (Lipinski definition) is 2. The zero-order valence-corrected chi connectivity index (χ0v) is 12.7. The molecule has 0 aliphatic heterocycles. The minimum atomic E-state index is 0.383. The average Bonchev–Trinajstić information content (AvgIpc) is 2.86. The molecule has 0 aromatic heterocycles. The SMILES string of the molecule is CCNCC1(Cc2cc(Cl)ccc2OC)CCCC1. The molecule has 106 valence electrons. The number of benzene rings is 1. The molecule has 1 aliphatic carbocycles. The number of ether oxygens (including phenoxy) is 1. The van der Waals surface area contributed by atoms with Crippen LogP contribution in [0.4, 0.5) is 0 Å². The summed E-state index contributed by atoms with van der Waals surface area (Å²) in [6.07, 6.45) is 6.34. The highest BCUT2D eigenvalue weighted by Gasteiger charge is 2.34. The first-order chi connectivity index (χ1) is 9.19. The number of rotatable bonds is 6. The Morgan fingerprint density at radius 3 is 2.68 bits per heavy atom. The fourth-order valence-corrected chi connectivity index (χ4v) is 3.42. The highest BCUT2D eigenvalue weighted by molar-refractivity contribution is 6.30. The quantitative estimate of drug-likeness (QED) is 0.849. The molecular formula is C16H24ClNO. The van der Waals surface area contributed by atoms with Crippen molar-refractivity contribution < 1.29 is 4.74 Å². The van der Waals surface area contributed by atoms with Crippen LogP contribution in [-0.4, -0.2) is 20.2 Å². The van der Waals surface area contributed by atoms with Crippen LogP contribution in [0.1, 0.15) is 38.2 Å². The Kier molecular flexibility index (Phi) is 5.12. The first-order valence-electron chi connectivity index (χ1n) is 7.22. The van der Waals surface area contributed by atoms with Crippen LogP contribution in [0.25, 0.3) is 0 Å². The van der Waals surface area contributed by atoms with Crippen molar-refractivity contribution in [3.05, 3.63) is 28.8 Å². The second kappa shape index (κ2) is 6.62. The Hall–Kier alpha value is -0.730. The monoisotopic (exact) mass is 281 g/mol. The second-order valence-corrected chi connectivity index (χ2v) is 6.06. The van der Waals surface area contributed by atoms with E-state index in [1.165, 1.54) is 31.2 Å². The van der Waals surface area contributed by atoms with E-state index < -0.39 is 0 Å². The topological polar surface area (TPSA) is 21.3 Å². The van der Waals surface area contributed by atoms with Crippen LogP contribution in [0.5, 0.6) is 5.75 Å². The van der Waals surface area contributed by atoms with Gasteiger partial charge in [0.25, 0.3) is 0 Å². The maximum atomic E-state index is 6.14. The van der Waals surface area contributed by atoms with Crippen molar-refractivity contribution in [1.82, 2.24) is 5.32 Å². The largest absolute Gasteiger partial charge is 0.496 e. The highest BCUT2D eigenvalue weighted by Crippen LogP contribution is 2.42. The molecule has 0 heterocycles. The molecular weight excluding hydrogens is 258 g/mol. The number of halogens is 1. The molecule has 1 aliphatic rings. The first kappa shape index (κ1) is 14.7. The van der Waals surface area contributed by atoms with E-state index in [0.29, 0.717) is 5.41 Å². The van der Waals surface area contributed by atoms with Gasteiger partial charge in [0, 0.05) is 11.6 Å². The van der Waals surface area contributed by atoms with Crippen LogP contribution in [0.2, 0.25) is 5.02 Å². The predicted octanol–water partition coefficient (Wildman–Crippen LogP) is 4.06. The summed E-state index contributed by atoms with van der Waals surface area (Å²) in [5, 5.41) is 4.33. The molecule has 1 fully saturated rings. The molecule has 0 amide bonds. The summed E-state index contributed by atoms with van der Waals surface area (Å²) < 4.78 is 5.48. The van der Waals surface area contributed by atoms with Crippen LogP contribution in [0.15, 0.2) is 18.2 Å². The molecule has 1 N–H and O–H groups in total. The molecule has 2 nitrogen and oxygen atoms in total. The standard InChI is InChI=1S/C16H24ClNO/c1-3-18-12-16(8-4-5-9-16)11-13-10-14(17)6-7-15(13)19-2/h6-7,10,18H,3-5,8-9,11-12H2,1-2H3. The van der Waals surface area contributed by atoms with Gasteiger partial charge in [-0.3, -0.25) is 0 Å². The van der Waals surface area contributed by atoms with Crippen molar-refractivity contribution in [2.75, 3.05) is 20.2 Å². The van der Waals surface area contributed by atoms with Crippen LogP contribution in [0.3, 0.4) is 0 Å². The van der Waals surface area contributed by atoms with Crippen molar-refractivity contribution in [3.63, 3.8) is 0 Å². The van der Waals surface area contributed by atoms with Crippen LogP contribution in [0, 0.1) is 5.41 Å². The van der Waals surface area contributed by atoms with Gasteiger partial charge >= 0.3 is 0 Å². The summed E-state index contributed by atoms with van der Waals surface area (Å²) in [5.41, 5.74) is 1.63. The van der Waals surface area contributed by atoms with Crippen molar-refractivity contribution in [2.24, 2.45) is 5.41 Å². The van der Waals surface area contributed by atoms with E-state index >= 15 is 0 Å². The van der Waals surface area contributed by atoms with Gasteiger partial charge < -0.3 is 10.1 Å². The molecule has 1 aromatic rings. The van der Waals surface area contributed by atoms with E-state index in [1.54, 1.807) is 7.11 Å². The first-order valence-corrected chi connectivity index (χ1v) is 7.60. The lowest BCUT2D eigenvalue weighted by Gasteiger charge is -2.30. The third kappa shape index (κ3) is 3.64. The van der Waals surface area contributed by atoms with Gasteiger partial charge in [-0.15, -0.1) is 0 Å². The van der Waals surface area contributed by atoms with E-state index in [-0.39, 0.29) is 0 Å². The van der Waals surface area contributed by atoms with Crippen LogP contribution >= 0.6 is 11.6 Å². The van der Waals surface area contributed by atoms with Gasteiger partial charge in [0.15, 0.2) is 0 Å². The van der Waals surface area contributed by atoms with E-state index in [4.69, 9.17) is 16.3 Å². The molecule has 2 rings (SSSR count). The Labute approximate surface area is 121 Å². The van der Waals surface area contributed by atoms with Crippen LogP contribution in [-0.2, 0) is 6.42 Å². The summed E-state index contributed by atoms with van der Waals surface area (Å²) in [4.78, 5) is 0. The average molecular weight is 282 g/mol.